The highest BCUT2D eigenvalue weighted by Gasteiger charge is 2.16. The third-order valence-corrected chi connectivity index (χ3v) is 2.93. The van der Waals surface area contributed by atoms with E-state index in [0.717, 1.165) is 28.7 Å². The molecule has 0 fully saturated rings. The van der Waals surface area contributed by atoms with Gasteiger partial charge in [0.15, 0.2) is 5.82 Å². The summed E-state index contributed by atoms with van der Waals surface area (Å²) in [4.78, 5) is 7.23. The van der Waals surface area contributed by atoms with Crippen molar-refractivity contribution in [2.24, 2.45) is 0 Å². The number of hydrazine groups is 1. The van der Waals surface area contributed by atoms with Gasteiger partial charge in [-0.2, -0.15) is 0 Å². The number of nitrogens with one attached hydrogen (secondary N) is 2. The van der Waals surface area contributed by atoms with Gasteiger partial charge < -0.3 is 14.5 Å². The fraction of sp³-hybridized carbons (Fsp3) is 0.154. The molecular weight excluding hydrogens is 244 g/mol. The second-order valence-electron chi connectivity index (χ2n) is 4.00. The van der Waals surface area contributed by atoms with E-state index in [0.29, 0.717) is 0 Å². The molecule has 98 valence electrons. The molecule has 0 saturated heterocycles. The topological polar surface area (TPSA) is 62.4 Å². The Balaban J connectivity index is 1.95. The predicted molar refractivity (Wildman–Crippen MR) is 73.3 cm³/mol. The number of ether oxygens (including phenoxy) is 2. The molecule has 6 nitrogen and oxygen atoms in total. The zero-order valence-corrected chi connectivity index (χ0v) is 10.7. The van der Waals surface area contributed by atoms with E-state index in [2.05, 4.69) is 15.4 Å². The molecule has 0 bridgehead atoms. The summed E-state index contributed by atoms with van der Waals surface area (Å²) >= 11 is 0. The molecule has 1 aromatic carbocycles. The van der Waals surface area contributed by atoms with Gasteiger partial charge in [-0.1, -0.05) is 0 Å². The first kappa shape index (κ1) is 11.5. The fourth-order valence-corrected chi connectivity index (χ4v) is 1.95. The zero-order chi connectivity index (χ0) is 13.2. The quantitative estimate of drug-likeness (QED) is 0.884. The van der Waals surface area contributed by atoms with Gasteiger partial charge in [-0.15, -0.1) is 0 Å². The molecule has 0 unspecified atom stereocenters. The molecule has 19 heavy (non-hydrogen) atoms. The summed E-state index contributed by atoms with van der Waals surface area (Å²) in [6.07, 6.45) is 5.50. The Morgan fingerprint density at radius 3 is 2.89 bits per heavy atom. The highest BCUT2D eigenvalue weighted by atomic mass is 16.5. The molecule has 0 aliphatic carbocycles. The van der Waals surface area contributed by atoms with Crippen molar-refractivity contribution in [3.05, 3.63) is 36.4 Å². The van der Waals surface area contributed by atoms with Gasteiger partial charge in [0.05, 0.1) is 26.2 Å². The molecule has 0 amide bonds. The predicted octanol–water partition coefficient (Wildman–Crippen LogP) is 2.24. The van der Waals surface area contributed by atoms with Crippen LogP contribution >= 0.6 is 0 Å². The summed E-state index contributed by atoms with van der Waals surface area (Å²) in [7, 11) is 3.26. The van der Waals surface area contributed by atoms with Crippen molar-refractivity contribution in [3.63, 3.8) is 0 Å². The van der Waals surface area contributed by atoms with Crippen molar-refractivity contribution in [2.45, 2.75) is 0 Å². The fourth-order valence-electron chi connectivity index (χ4n) is 1.95. The average Bonchev–Trinajstić information content (AvgIpc) is 2.93. The molecule has 1 aliphatic rings. The maximum atomic E-state index is 5.39. The number of imidazole rings is 1. The van der Waals surface area contributed by atoms with Crippen LogP contribution in [-0.4, -0.2) is 24.2 Å². The lowest BCUT2D eigenvalue weighted by atomic mass is 10.2. The van der Waals surface area contributed by atoms with Crippen LogP contribution in [0.5, 0.6) is 11.5 Å². The van der Waals surface area contributed by atoms with Crippen molar-refractivity contribution in [1.29, 1.82) is 0 Å². The number of nitrogens with zero attached hydrogens (tertiary/aromatic N) is 2. The number of fused-ring (bicyclic) bond motifs is 1. The van der Waals surface area contributed by atoms with Crippen LogP contribution in [0.15, 0.2) is 30.7 Å². The SMILES string of the molecule is COc1ccc(N2C=Cc3[nH]cnc3N2)c(OC)c1. The number of aromatic amines is 1. The van der Waals surface area contributed by atoms with E-state index in [-0.39, 0.29) is 0 Å². The lowest BCUT2D eigenvalue weighted by Gasteiger charge is -2.26. The largest absolute Gasteiger partial charge is 0.497 e. The number of rotatable bonds is 3. The van der Waals surface area contributed by atoms with E-state index in [1.54, 1.807) is 20.5 Å². The Morgan fingerprint density at radius 1 is 1.21 bits per heavy atom. The van der Waals surface area contributed by atoms with Crippen molar-refractivity contribution >= 4 is 17.6 Å². The van der Waals surface area contributed by atoms with Crippen LogP contribution in [-0.2, 0) is 0 Å². The van der Waals surface area contributed by atoms with Crippen LogP contribution in [0.1, 0.15) is 5.69 Å². The van der Waals surface area contributed by atoms with Crippen LogP contribution < -0.4 is 19.9 Å². The van der Waals surface area contributed by atoms with Crippen molar-refractivity contribution in [1.82, 2.24) is 9.97 Å². The molecule has 1 aliphatic heterocycles. The van der Waals surface area contributed by atoms with E-state index in [9.17, 15) is 0 Å². The van der Waals surface area contributed by atoms with Gasteiger partial charge in [-0.3, -0.25) is 10.4 Å². The number of hydrogen-bond donors (Lipinski definition) is 2. The summed E-state index contributed by atoms with van der Waals surface area (Å²) < 4.78 is 10.6. The molecule has 0 spiro atoms. The van der Waals surface area contributed by atoms with Gasteiger partial charge in [-0.25, -0.2) is 4.98 Å². The molecule has 0 atom stereocenters. The molecule has 0 saturated carbocycles. The third kappa shape index (κ3) is 1.97. The van der Waals surface area contributed by atoms with Crippen molar-refractivity contribution < 1.29 is 9.47 Å². The molecule has 1 aromatic heterocycles. The van der Waals surface area contributed by atoms with E-state index >= 15 is 0 Å². The Labute approximate surface area is 110 Å². The van der Waals surface area contributed by atoms with Crippen molar-refractivity contribution in [3.8, 4) is 11.5 Å². The van der Waals surface area contributed by atoms with E-state index in [1.807, 2.05) is 35.5 Å². The molecule has 2 heterocycles. The number of methoxy groups -OCH3 is 2. The number of H-pyrrole nitrogens is 1. The summed E-state index contributed by atoms with van der Waals surface area (Å²) in [6.45, 7) is 0. The lowest BCUT2D eigenvalue weighted by molar-refractivity contribution is 0.395. The molecule has 2 N–H and O–H groups in total. The van der Waals surface area contributed by atoms with E-state index < -0.39 is 0 Å². The maximum absolute atomic E-state index is 5.39. The van der Waals surface area contributed by atoms with Gasteiger partial charge in [-0.05, 0) is 18.2 Å². The molecule has 2 aromatic rings. The summed E-state index contributed by atoms with van der Waals surface area (Å²) in [5.74, 6) is 2.25. The summed E-state index contributed by atoms with van der Waals surface area (Å²) in [5, 5.41) is 1.85. The Kier molecular flexibility index (Phi) is 2.75. The lowest BCUT2D eigenvalue weighted by Crippen LogP contribution is -2.26. The maximum Gasteiger partial charge on any atom is 0.170 e. The van der Waals surface area contributed by atoms with Crippen LogP contribution in [0.4, 0.5) is 11.5 Å². The first-order valence-electron chi connectivity index (χ1n) is 5.81. The third-order valence-electron chi connectivity index (χ3n) is 2.93. The van der Waals surface area contributed by atoms with Gasteiger partial charge in [0, 0.05) is 12.3 Å². The Hall–Kier alpha value is -2.63. The zero-order valence-electron chi connectivity index (χ0n) is 10.7. The molecule has 3 rings (SSSR count). The molecular formula is C13H14N4O2. The van der Waals surface area contributed by atoms with Crippen LogP contribution in [0.3, 0.4) is 0 Å². The second kappa shape index (κ2) is 4.56. The summed E-state index contributed by atoms with van der Waals surface area (Å²) in [6, 6.07) is 5.64. The molecule has 0 radical (unpaired) electrons. The van der Waals surface area contributed by atoms with Crippen LogP contribution in [0.2, 0.25) is 0 Å². The Morgan fingerprint density at radius 2 is 2.11 bits per heavy atom. The Bertz CT molecular complexity index is 621. The number of aromatic nitrogens is 2. The van der Waals surface area contributed by atoms with Gasteiger partial charge in [0.25, 0.3) is 0 Å². The number of benzene rings is 1. The smallest absolute Gasteiger partial charge is 0.170 e. The highest BCUT2D eigenvalue weighted by molar-refractivity contribution is 5.73. The van der Waals surface area contributed by atoms with Crippen LogP contribution in [0, 0.1) is 0 Å². The normalized spacial score (nSPS) is 12.8. The number of anilines is 2. The first-order valence-corrected chi connectivity index (χ1v) is 5.81. The van der Waals surface area contributed by atoms with Gasteiger partial charge >= 0.3 is 0 Å². The van der Waals surface area contributed by atoms with Gasteiger partial charge in [0.2, 0.25) is 0 Å². The second-order valence-corrected chi connectivity index (χ2v) is 4.00. The van der Waals surface area contributed by atoms with Crippen LogP contribution in [0.25, 0.3) is 6.08 Å². The van der Waals surface area contributed by atoms with Crippen molar-refractivity contribution in [2.75, 3.05) is 24.7 Å². The molecule has 6 heteroatoms. The average molecular weight is 258 g/mol. The minimum atomic E-state index is 0.718. The first-order chi connectivity index (χ1) is 9.31. The monoisotopic (exact) mass is 258 g/mol. The van der Waals surface area contributed by atoms with E-state index in [1.165, 1.54) is 0 Å². The minimum Gasteiger partial charge on any atom is -0.497 e. The number of hydrogen-bond acceptors (Lipinski definition) is 5. The summed E-state index contributed by atoms with van der Waals surface area (Å²) in [5.41, 5.74) is 5.02. The highest BCUT2D eigenvalue weighted by Crippen LogP contribution is 2.34. The standard InChI is InChI=1S/C13H14N4O2/c1-18-9-3-4-11(12(7-9)19-2)17-6-5-10-13(16-17)15-8-14-10/h3-8,16H,1-2H3,(H,14,15). The van der Waals surface area contributed by atoms with Gasteiger partial charge in [0.1, 0.15) is 17.2 Å². The minimum absolute atomic E-state index is 0.718. The van der Waals surface area contributed by atoms with E-state index in [4.69, 9.17) is 9.47 Å².